The highest BCUT2D eigenvalue weighted by atomic mass is 16.8. The van der Waals surface area contributed by atoms with Gasteiger partial charge in [0.2, 0.25) is 6.29 Å². The number of aromatic nitrogens is 2. The maximum absolute atomic E-state index is 9.52. The number of hydrogen-bond donors (Lipinski definition) is 2. The lowest BCUT2D eigenvalue weighted by Crippen LogP contribution is -2.27. The largest absolute Gasteiger partial charge is 0.427 e. The maximum Gasteiger partial charge on any atom is 0.235 e. The molecule has 0 saturated carbocycles. The average molecular weight is 247 g/mol. The Kier molecular flexibility index (Phi) is 2.28. The van der Waals surface area contributed by atoms with Gasteiger partial charge in [0.05, 0.1) is 18.7 Å². The number of nitrogens with zero attached hydrogens (tertiary/aromatic N) is 4. The molecule has 2 atom stereocenters. The van der Waals surface area contributed by atoms with Gasteiger partial charge in [-0.2, -0.15) is 9.99 Å². The summed E-state index contributed by atoms with van der Waals surface area (Å²) in [6.07, 6.45) is 1.59. The van der Waals surface area contributed by atoms with Crippen LogP contribution in [0.2, 0.25) is 0 Å². The van der Waals surface area contributed by atoms with Crippen molar-refractivity contribution < 1.29 is 14.8 Å². The van der Waals surface area contributed by atoms with Crippen LogP contribution in [0.4, 0.5) is 0 Å². The molecule has 1 aromatic rings. The van der Waals surface area contributed by atoms with Gasteiger partial charge in [-0.3, -0.25) is 5.41 Å². The first-order valence-electron chi connectivity index (χ1n) is 5.34. The van der Waals surface area contributed by atoms with E-state index in [9.17, 15) is 5.21 Å². The summed E-state index contributed by atoms with van der Waals surface area (Å²) in [4.78, 5) is 9.09. The SMILES string of the molecule is N#Cc1nc(C2=NOC3OCCC23)cn(O)c1=N. The molecule has 2 aliphatic heterocycles. The number of nitriles is 1. The third-order valence-electron chi connectivity index (χ3n) is 2.94. The van der Waals surface area contributed by atoms with E-state index in [1.165, 1.54) is 6.20 Å². The summed E-state index contributed by atoms with van der Waals surface area (Å²) >= 11 is 0. The highest BCUT2D eigenvalue weighted by Gasteiger charge is 2.40. The van der Waals surface area contributed by atoms with E-state index in [1.54, 1.807) is 6.07 Å². The monoisotopic (exact) mass is 247 g/mol. The lowest BCUT2D eigenvalue weighted by atomic mass is 9.99. The molecule has 3 heterocycles. The van der Waals surface area contributed by atoms with Crippen molar-refractivity contribution in [2.75, 3.05) is 6.61 Å². The Hall–Kier alpha value is -2.40. The van der Waals surface area contributed by atoms with Gasteiger partial charge in [0.25, 0.3) is 0 Å². The van der Waals surface area contributed by atoms with Crippen molar-refractivity contribution in [3.63, 3.8) is 0 Å². The molecule has 3 rings (SSSR count). The molecule has 0 spiro atoms. The summed E-state index contributed by atoms with van der Waals surface area (Å²) in [6.45, 7) is 0.578. The van der Waals surface area contributed by atoms with Crippen LogP contribution in [0.5, 0.6) is 0 Å². The third kappa shape index (κ3) is 1.45. The summed E-state index contributed by atoms with van der Waals surface area (Å²) in [5.41, 5.74) is 0.333. The van der Waals surface area contributed by atoms with Gasteiger partial charge in [-0.15, -0.1) is 0 Å². The summed E-state index contributed by atoms with van der Waals surface area (Å²) in [6, 6.07) is 1.75. The van der Waals surface area contributed by atoms with Crippen molar-refractivity contribution in [3.8, 4) is 6.07 Å². The quantitative estimate of drug-likeness (QED) is 0.653. The van der Waals surface area contributed by atoms with Crippen LogP contribution < -0.4 is 5.49 Å². The van der Waals surface area contributed by atoms with Crippen LogP contribution in [0.25, 0.3) is 0 Å². The van der Waals surface area contributed by atoms with E-state index in [0.29, 0.717) is 22.7 Å². The van der Waals surface area contributed by atoms with Crippen molar-refractivity contribution in [1.29, 1.82) is 10.7 Å². The van der Waals surface area contributed by atoms with E-state index < -0.39 is 6.29 Å². The standard InChI is InChI=1S/C10H9N5O3/c11-3-6-9(12)15(16)4-7(13-6)8-5-1-2-17-10(5)18-14-8/h4-5,10,12,16H,1-2H2. The Morgan fingerprint density at radius 3 is 3.22 bits per heavy atom. The normalized spacial score (nSPS) is 25.2. The molecule has 0 radical (unpaired) electrons. The van der Waals surface area contributed by atoms with Gasteiger partial charge < -0.3 is 14.8 Å². The molecule has 0 bridgehead atoms. The molecule has 0 aromatic carbocycles. The first-order valence-corrected chi connectivity index (χ1v) is 5.34. The minimum absolute atomic E-state index is 0.0411. The Morgan fingerprint density at radius 1 is 1.61 bits per heavy atom. The minimum atomic E-state index is -0.407. The predicted octanol–water partition coefficient (Wildman–Crippen LogP) is -0.432. The molecule has 8 nitrogen and oxygen atoms in total. The first kappa shape index (κ1) is 10.7. The van der Waals surface area contributed by atoms with Gasteiger partial charge in [-0.25, -0.2) is 4.98 Å². The minimum Gasteiger partial charge on any atom is -0.427 e. The van der Waals surface area contributed by atoms with Crippen LogP contribution >= 0.6 is 0 Å². The number of ether oxygens (including phenoxy) is 1. The van der Waals surface area contributed by atoms with Crippen molar-refractivity contribution in [2.24, 2.45) is 11.1 Å². The van der Waals surface area contributed by atoms with Gasteiger partial charge in [-0.1, -0.05) is 5.16 Å². The molecule has 2 N–H and O–H groups in total. The summed E-state index contributed by atoms with van der Waals surface area (Å²) in [5.74, 6) is -0.0411. The van der Waals surface area contributed by atoms with Crippen LogP contribution in [0.15, 0.2) is 11.4 Å². The fraction of sp³-hybridized carbons (Fsp3) is 0.400. The Labute approximate surface area is 101 Å². The Bertz CT molecular complexity index is 629. The topological polar surface area (TPSA) is 117 Å². The number of hydrogen-bond acceptors (Lipinski definition) is 7. The van der Waals surface area contributed by atoms with Crippen LogP contribution in [0, 0.1) is 22.7 Å². The van der Waals surface area contributed by atoms with E-state index in [-0.39, 0.29) is 17.1 Å². The number of nitrogens with one attached hydrogen (secondary N) is 1. The van der Waals surface area contributed by atoms with Crippen molar-refractivity contribution in [2.45, 2.75) is 12.7 Å². The van der Waals surface area contributed by atoms with Crippen LogP contribution in [-0.2, 0) is 9.57 Å². The van der Waals surface area contributed by atoms with Crippen molar-refractivity contribution in [1.82, 2.24) is 9.71 Å². The lowest BCUT2D eigenvalue weighted by Gasteiger charge is -2.08. The van der Waals surface area contributed by atoms with Crippen LogP contribution in [-0.4, -0.2) is 33.5 Å². The second-order valence-electron chi connectivity index (χ2n) is 4.00. The summed E-state index contributed by atoms with van der Waals surface area (Å²) in [5, 5.41) is 29.7. The highest BCUT2D eigenvalue weighted by Crippen LogP contribution is 2.30. The molecule has 18 heavy (non-hydrogen) atoms. The van der Waals surface area contributed by atoms with Gasteiger partial charge in [0.1, 0.15) is 17.5 Å². The van der Waals surface area contributed by atoms with E-state index in [2.05, 4.69) is 10.1 Å². The molecule has 1 aromatic heterocycles. The molecule has 92 valence electrons. The van der Waals surface area contributed by atoms with E-state index in [1.807, 2.05) is 0 Å². The van der Waals surface area contributed by atoms with E-state index in [0.717, 1.165) is 6.42 Å². The number of rotatable bonds is 1. The van der Waals surface area contributed by atoms with Crippen molar-refractivity contribution >= 4 is 5.71 Å². The average Bonchev–Trinajstić information content (AvgIpc) is 2.94. The summed E-state index contributed by atoms with van der Waals surface area (Å²) < 4.78 is 5.85. The highest BCUT2D eigenvalue weighted by molar-refractivity contribution is 6.01. The molecular formula is C10H9N5O3. The fourth-order valence-corrected chi connectivity index (χ4v) is 2.04. The molecule has 2 aliphatic rings. The predicted molar refractivity (Wildman–Crippen MR) is 55.5 cm³/mol. The fourth-order valence-electron chi connectivity index (χ4n) is 2.04. The maximum atomic E-state index is 9.52. The second kappa shape index (κ2) is 3.82. The Balaban J connectivity index is 2.06. The zero-order chi connectivity index (χ0) is 12.7. The molecule has 8 heteroatoms. The number of fused-ring (bicyclic) bond motifs is 1. The van der Waals surface area contributed by atoms with Crippen LogP contribution in [0.1, 0.15) is 17.8 Å². The lowest BCUT2D eigenvalue weighted by molar-refractivity contribution is -0.106. The summed E-state index contributed by atoms with van der Waals surface area (Å²) in [7, 11) is 0. The molecule has 1 saturated heterocycles. The van der Waals surface area contributed by atoms with Gasteiger partial charge in [-0.05, 0) is 6.42 Å². The first-order chi connectivity index (χ1) is 8.70. The van der Waals surface area contributed by atoms with Gasteiger partial charge in [0, 0.05) is 0 Å². The second-order valence-corrected chi connectivity index (χ2v) is 4.00. The van der Waals surface area contributed by atoms with E-state index >= 15 is 0 Å². The van der Waals surface area contributed by atoms with E-state index in [4.69, 9.17) is 20.2 Å². The molecular weight excluding hydrogens is 238 g/mol. The van der Waals surface area contributed by atoms with Gasteiger partial charge >= 0.3 is 0 Å². The van der Waals surface area contributed by atoms with Crippen LogP contribution in [0.3, 0.4) is 0 Å². The van der Waals surface area contributed by atoms with Gasteiger partial charge in [0.15, 0.2) is 11.2 Å². The van der Waals surface area contributed by atoms with Crippen molar-refractivity contribution in [3.05, 3.63) is 23.1 Å². The molecule has 0 amide bonds. The molecule has 0 aliphatic carbocycles. The zero-order valence-electron chi connectivity index (χ0n) is 9.20. The number of oxime groups is 1. The Morgan fingerprint density at radius 2 is 2.44 bits per heavy atom. The third-order valence-corrected chi connectivity index (χ3v) is 2.94. The molecule has 1 fully saturated rings. The zero-order valence-corrected chi connectivity index (χ0v) is 9.20. The molecule has 2 unspecified atom stereocenters. The smallest absolute Gasteiger partial charge is 0.235 e.